The van der Waals surface area contributed by atoms with E-state index in [0.29, 0.717) is 35.8 Å². The first-order valence-electron chi connectivity index (χ1n) is 12.3. The quantitative estimate of drug-likeness (QED) is 0.220. The molecule has 4 rings (SSSR count). The fourth-order valence-corrected chi connectivity index (χ4v) is 4.25. The molecule has 1 aliphatic rings. The summed E-state index contributed by atoms with van der Waals surface area (Å²) in [4.78, 5) is 28.1. The zero-order valence-electron chi connectivity index (χ0n) is 20.6. The third-order valence-electron chi connectivity index (χ3n) is 5.98. The summed E-state index contributed by atoms with van der Waals surface area (Å²) in [6, 6.07) is 23.0. The zero-order chi connectivity index (χ0) is 25.5. The van der Waals surface area contributed by atoms with E-state index in [0.717, 1.165) is 18.4 Å². The second-order valence-electron chi connectivity index (χ2n) is 8.71. The second-order valence-corrected chi connectivity index (χ2v) is 8.71. The maximum Gasteiger partial charge on any atom is 0.295 e. The molecule has 0 aliphatic carbocycles. The van der Waals surface area contributed by atoms with Crippen LogP contribution >= 0.6 is 0 Å². The molecular weight excluding hydrogens is 454 g/mol. The van der Waals surface area contributed by atoms with E-state index in [1.54, 1.807) is 24.3 Å². The molecule has 1 N–H and O–H groups in total. The molecule has 3 aromatic rings. The lowest BCUT2D eigenvalue weighted by molar-refractivity contribution is -0.140. The first-order valence-corrected chi connectivity index (χ1v) is 12.3. The number of rotatable bonds is 10. The predicted molar refractivity (Wildman–Crippen MR) is 139 cm³/mol. The van der Waals surface area contributed by atoms with Gasteiger partial charge in [-0.1, -0.05) is 56.3 Å². The van der Waals surface area contributed by atoms with Crippen molar-refractivity contribution in [3.63, 3.8) is 0 Å². The van der Waals surface area contributed by atoms with Crippen molar-refractivity contribution in [2.45, 2.75) is 39.3 Å². The topological polar surface area (TPSA) is 76.1 Å². The van der Waals surface area contributed by atoms with Gasteiger partial charge in [0.1, 0.15) is 17.3 Å². The van der Waals surface area contributed by atoms with E-state index in [4.69, 9.17) is 9.47 Å². The maximum absolute atomic E-state index is 13.3. The largest absolute Gasteiger partial charge is 0.507 e. The van der Waals surface area contributed by atoms with Crippen LogP contribution in [0.25, 0.3) is 5.76 Å². The van der Waals surface area contributed by atoms with Crippen LogP contribution in [0, 0.1) is 0 Å². The van der Waals surface area contributed by atoms with Gasteiger partial charge in [0.05, 0.1) is 24.8 Å². The minimum atomic E-state index is -0.758. The number of aliphatic hydroxyl groups is 1. The van der Waals surface area contributed by atoms with Crippen molar-refractivity contribution in [2.24, 2.45) is 0 Å². The van der Waals surface area contributed by atoms with Crippen molar-refractivity contribution < 1.29 is 24.2 Å². The van der Waals surface area contributed by atoms with Gasteiger partial charge in [0.25, 0.3) is 11.7 Å². The number of nitrogens with zero attached hydrogens (tertiary/aromatic N) is 1. The summed E-state index contributed by atoms with van der Waals surface area (Å²) in [5.74, 6) is -0.240. The highest BCUT2D eigenvalue weighted by molar-refractivity contribution is 6.46. The Labute approximate surface area is 211 Å². The number of benzene rings is 3. The second kappa shape index (κ2) is 11.6. The van der Waals surface area contributed by atoms with E-state index in [-0.39, 0.29) is 17.9 Å². The van der Waals surface area contributed by atoms with Crippen LogP contribution in [0.3, 0.4) is 0 Å². The van der Waals surface area contributed by atoms with Crippen molar-refractivity contribution in [3.05, 3.63) is 101 Å². The van der Waals surface area contributed by atoms with Crippen LogP contribution in [0.5, 0.6) is 11.5 Å². The van der Waals surface area contributed by atoms with E-state index in [1.165, 1.54) is 4.90 Å². The van der Waals surface area contributed by atoms with Crippen LogP contribution in [-0.4, -0.2) is 34.9 Å². The molecular formula is C30H31NO5. The van der Waals surface area contributed by atoms with E-state index in [1.807, 2.05) is 68.4 Å². The molecule has 3 aromatic carbocycles. The van der Waals surface area contributed by atoms with Crippen LogP contribution in [0.15, 0.2) is 84.4 Å². The predicted octanol–water partition coefficient (Wildman–Crippen LogP) is 5.89. The highest BCUT2D eigenvalue weighted by Crippen LogP contribution is 2.41. The van der Waals surface area contributed by atoms with Crippen LogP contribution in [0.1, 0.15) is 49.4 Å². The van der Waals surface area contributed by atoms with Crippen molar-refractivity contribution >= 4 is 17.4 Å². The minimum absolute atomic E-state index is 0.0609. The summed E-state index contributed by atoms with van der Waals surface area (Å²) < 4.78 is 11.4. The highest BCUT2D eigenvalue weighted by Gasteiger charge is 2.46. The van der Waals surface area contributed by atoms with Gasteiger partial charge in [0, 0.05) is 12.1 Å². The zero-order valence-corrected chi connectivity index (χ0v) is 20.6. The van der Waals surface area contributed by atoms with Crippen molar-refractivity contribution in [3.8, 4) is 11.5 Å². The molecule has 1 amide bonds. The molecule has 1 aliphatic heterocycles. The average molecular weight is 486 g/mol. The van der Waals surface area contributed by atoms with Gasteiger partial charge < -0.3 is 19.5 Å². The SMILES string of the molecule is CCCOc1ccc(C(O)=C2C(=O)C(=O)N(Cc3ccccc3)C2c2cccc(OCCC)c2)cc1. The monoisotopic (exact) mass is 485 g/mol. The number of carbonyl (C=O) groups is 2. The smallest absolute Gasteiger partial charge is 0.295 e. The number of hydrogen-bond donors (Lipinski definition) is 1. The molecule has 0 saturated carbocycles. The molecule has 1 heterocycles. The Kier molecular flexibility index (Phi) is 8.06. The van der Waals surface area contributed by atoms with Gasteiger partial charge in [-0.15, -0.1) is 0 Å². The summed E-state index contributed by atoms with van der Waals surface area (Å²) in [6.45, 7) is 5.43. The molecule has 0 radical (unpaired) electrons. The molecule has 1 saturated heterocycles. The highest BCUT2D eigenvalue weighted by atomic mass is 16.5. The summed E-state index contributed by atoms with van der Waals surface area (Å²) in [7, 11) is 0. The molecule has 0 aromatic heterocycles. The Hall–Kier alpha value is -4.06. The van der Waals surface area contributed by atoms with Crippen LogP contribution < -0.4 is 9.47 Å². The maximum atomic E-state index is 13.3. The molecule has 186 valence electrons. The van der Waals surface area contributed by atoms with E-state index < -0.39 is 17.7 Å². The fourth-order valence-electron chi connectivity index (χ4n) is 4.25. The fraction of sp³-hybridized carbons (Fsp3) is 0.267. The Morgan fingerprint density at radius 1 is 0.833 bits per heavy atom. The van der Waals surface area contributed by atoms with Gasteiger partial charge in [-0.25, -0.2) is 0 Å². The molecule has 6 nitrogen and oxygen atoms in total. The molecule has 6 heteroatoms. The van der Waals surface area contributed by atoms with Crippen LogP contribution in [0.4, 0.5) is 0 Å². The number of carbonyl (C=O) groups excluding carboxylic acids is 2. The molecule has 36 heavy (non-hydrogen) atoms. The Morgan fingerprint density at radius 2 is 1.50 bits per heavy atom. The lowest BCUT2D eigenvalue weighted by Gasteiger charge is -2.26. The molecule has 1 fully saturated rings. The van der Waals surface area contributed by atoms with Crippen molar-refractivity contribution in [1.29, 1.82) is 0 Å². The number of aliphatic hydroxyl groups excluding tert-OH is 1. The number of amides is 1. The summed E-state index contributed by atoms with van der Waals surface area (Å²) >= 11 is 0. The van der Waals surface area contributed by atoms with Gasteiger partial charge >= 0.3 is 0 Å². The molecule has 0 bridgehead atoms. The molecule has 1 unspecified atom stereocenters. The Bertz CT molecular complexity index is 1230. The van der Waals surface area contributed by atoms with Crippen molar-refractivity contribution in [1.82, 2.24) is 4.90 Å². The first kappa shape index (κ1) is 25.0. The summed E-state index contributed by atoms with van der Waals surface area (Å²) in [5, 5.41) is 11.3. The number of Topliss-reactive ketones (excluding diaryl/α,β-unsaturated/α-hetero) is 1. The number of hydrogen-bond acceptors (Lipinski definition) is 5. The van der Waals surface area contributed by atoms with E-state index >= 15 is 0 Å². The molecule has 0 spiro atoms. The van der Waals surface area contributed by atoms with Crippen molar-refractivity contribution in [2.75, 3.05) is 13.2 Å². The third kappa shape index (κ3) is 5.43. The Balaban J connectivity index is 1.78. The van der Waals surface area contributed by atoms with Gasteiger partial charge in [-0.3, -0.25) is 9.59 Å². The van der Waals surface area contributed by atoms with Gasteiger partial charge in [-0.2, -0.15) is 0 Å². The average Bonchev–Trinajstić information content (AvgIpc) is 3.16. The van der Waals surface area contributed by atoms with Gasteiger partial charge in [0.2, 0.25) is 0 Å². The summed E-state index contributed by atoms with van der Waals surface area (Å²) in [6.07, 6.45) is 1.74. The lowest BCUT2D eigenvalue weighted by atomic mass is 9.95. The minimum Gasteiger partial charge on any atom is -0.507 e. The third-order valence-corrected chi connectivity index (χ3v) is 5.98. The normalized spacial score (nSPS) is 16.8. The van der Waals surface area contributed by atoms with Crippen LogP contribution in [0.2, 0.25) is 0 Å². The Morgan fingerprint density at radius 3 is 2.17 bits per heavy atom. The standard InChI is InChI=1S/C30H31NO5/c1-3-17-35-24-15-13-22(14-16-24)28(32)26-27(23-11-8-12-25(19-23)36-18-4-2)31(30(34)29(26)33)20-21-9-6-5-7-10-21/h5-16,19,27,32H,3-4,17-18,20H2,1-2H3. The van der Waals surface area contributed by atoms with E-state index in [9.17, 15) is 14.7 Å². The van der Waals surface area contributed by atoms with Crippen LogP contribution in [-0.2, 0) is 16.1 Å². The van der Waals surface area contributed by atoms with Gasteiger partial charge in [-0.05, 0) is 60.4 Å². The number of ether oxygens (including phenoxy) is 2. The summed E-state index contributed by atoms with van der Waals surface area (Å²) in [5.41, 5.74) is 2.09. The molecule has 1 atom stereocenters. The number of likely N-dealkylation sites (tertiary alicyclic amines) is 1. The number of ketones is 1. The first-order chi connectivity index (χ1) is 17.5. The van der Waals surface area contributed by atoms with E-state index in [2.05, 4.69) is 0 Å². The van der Waals surface area contributed by atoms with Gasteiger partial charge in [0.15, 0.2) is 0 Å². The lowest BCUT2D eigenvalue weighted by Crippen LogP contribution is -2.29.